The highest BCUT2D eigenvalue weighted by atomic mass is 16.5. The Balaban J connectivity index is 2.03. The van der Waals surface area contributed by atoms with Crippen LogP contribution in [0.3, 0.4) is 0 Å². The van der Waals surface area contributed by atoms with Crippen molar-refractivity contribution >= 4 is 22.5 Å². The lowest BCUT2D eigenvalue weighted by atomic mass is 9.77. The van der Waals surface area contributed by atoms with Crippen molar-refractivity contribution in [1.82, 2.24) is 4.98 Å². The smallest absolute Gasteiger partial charge is 0.314 e. The Bertz CT molecular complexity index is 810. The third-order valence-corrected chi connectivity index (χ3v) is 4.87. The number of methoxy groups -OCH3 is 3. The molecule has 0 aliphatic heterocycles. The van der Waals surface area contributed by atoms with E-state index >= 15 is 0 Å². The van der Waals surface area contributed by atoms with Gasteiger partial charge in [0, 0.05) is 23.2 Å². The van der Waals surface area contributed by atoms with Gasteiger partial charge in [0.1, 0.15) is 0 Å². The number of benzene rings is 1. The van der Waals surface area contributed by atoms with E-state index in [-0.39, 0.29) is 11.9 Å². The van der Waals surface area contributed by atoms with Crippen molar-refractivity contribution in [3.8, 4) is 11.5 Å². The molecule has 25 heavy (non-hydrogen) atoms. The van der Waals surface area contributed by atoms with Crippen molar-refractivity contribution in [2.24, 2.45) is 5.92 Å². The first-order chi connectivity index (χ1) is 12.1. The number of nitrogens with zero attached hydrogens (tertiary/aromatic N) is 1. The van der Waals surface area contributed by atoms with Crippen LogP contribution in [0.1, 0.15) is 30.9 Å². The van der Waals surface area contributed by atoms with Crippen LogP contribution in [0.15, 0.2) is 24.4 Å². The zero-order valence-corrected chi connectivity index (χ0v) is 14.7. The number of carbonyl (C=O) groups is 1. The number of aromatic nitrogens is 1. The number of fused-ring (bicyclic) bond motifs is 1. The van der Waals surface area contributed by atoms with Crippen LogP contribution in [-0.4, -0.2) is 38.0 Å². The van der Waals surface area contributed by atoms with Crippen LogP contribution < -0.4 is 9.47 Å². The normalized spacial score (nSPS) is 20.4. The molecule has 6 heteroatoms. The van der Waals surface area contributed by atoms with E-state index in [4.69, 9.17) is 19.6 Å². The zero-order chi connectivity index (χ0) is 18.0. The summed E-state index contributed by atoms with van der Waals surface area (Å²) in [6, 6.07) is 5.80. The molecule has 1 N–H and O–H groups in total. The van der Waals surface area contributed by atoms with Crippen molar-refractivity contribution < 1.29 is 19.0 Å². The van der Waals surface area contributed by atoms with Crippen molar-refractivity contribution in [3.05, 3.63) is 30.1 Å². The molecule has 132 valence electrons. The van der Waals surface area contributed by atoms with Gasteiger partial charge in [-0.05, 0) is 42.8 Å². The maximum atomic E-state index is 12.0. The molecule has 6 nitrogen and oxygen atoms in total. The lowest BCUT2D eigenvalue weighted by molar-refractivity contribution is -0.143. The summed E-state index contributed by atoms with van der Waals surface area (Å²) in [5, 5.41) is 10.1. The molecule has 1 heterocycles. The summed E-state index contributed by atoms with van der Waals surface area (Å²) < 4.78 is 15.7. The third-order valence-electron chi connectivity index (χ3n) is 4.87. The molecule has 1 aromatic carbocycles. The van der Waals surface area contributed by atoms with Gasteiger partial charge in [0.2, 0.25) is 0 Å². The summed E-state index contributed by atoms with van der Waals surface area (Å²) in [4.78, 5) is 16.6. The molecule has 3 rings (SSSR count). The van der Waals surface area contributed by atoms with Crippen LogP contribution in [-0.2, 0) is 9.53 Å². The lowest BCUT2D eigenvalue weighted by Crippen LogP contribution is -2.31. The Morgan fingerprint density at radius 3 is 2.60 bits per heavy atom. The van der Waals surface area contributed by atoms with Crippen LogP contribution in [0.5, 0.6) is 11.5 Å². The highest BCUT2D eigenvalue weighted by Gasteiger charge is 2.34. The number of hydrogen-bond donors (Lipinski definition) is 1. The minimum Gasteiger partial charge on any atom is -0.493 e. The van der Waals surface area contributed by atoms with Crippen LogP contribution >= 0.6 is 0 Å². The SMILES string of the molecule is COC(=O)C1CC(c2nccc3cc(OC)c(OC)cc23)CCC1=N. The van der Waals surface area contributed by atoms with Crippen LogP contribution in [0, 0.1) is 11.3 Å². The molecule has 0 radical (unpaired) electrons. The standard InChI is InChI=1S/C19H22N2O4/c1-23-16-9-11-6-7-21-18(13(11)10-17(16)24-2)12-4-5-15(20)14(8-12)19(22)25-3/h6-7,9-10,12,14,20H,4-5,8H2,1-3H3. The molecule has 0 bridgehead atoms. The van der Waals surface area contributed by atoms with Crippen LogP contribution in [0.25, 0.3) is 10.8 Å². The Morgan fingerprint density at radius 1 is 1.20 bits per heavy atom. The van der Waals surface area contributed by atoms with Gasteiger partial charge in [0.05, 0.1) is 32.9 Å². The Morgan fingerprint density at radius 2 is 1.92 bits per heavy atom. The van der Waals surface area contributed by atoms with Gasteiger partial charge in [-0.15, -0.1) is 0 Å². The summed E-state index contributed by atoms with van der Waals surface area (Å²) in [6.07, 6.45) is 3.70. The van der Waals surface area contributed by atoms with E-state index in [1.54, 1.807) is 20.4 Å². The first-order valence-corrected chi connectivity index (χ1v) is 8.24. The lowest BCUT2D eigenvalue weighted by Gasteiger charge is -2.28. The second-order valence-electron chi connectivity index (χ2n) is 6.20. The van der Waals surface area contributed by atoms with Crippen molar-refractivity contribution in [2.45, 2.75) is 25.2 Å². The predicted octanol–water partition coefficient (Wildman–Crippen LogP) is 3.33. The molecule has 1 fully saturated rings. The molecule has 1 aliphatic carbocycles. The minimum atomic E-state index is -0.485. The average molecular weight is 342 g/mol. The summed E-state index contributed by atoms with van der Waals surface area (Å²) in [5.74, 6) is 0.595. The number of ether oxygens (including phenoxy) is 3. The number of carbonyl (C=O) groups excluding carboxylic acids is 1. The fourth-order valence-corrected chi connectivity index (χ4v) is 3.52. The van der Waals surface area contributed by atoms with E-state index in [1.807, 2.05) is 18.2 Å². The van der Waals surface area contributed by atoms with Gasteiger partial charge in [-0.25, -0.2) is 0 Å². The molecule has 0 saturated heterocycles. The van der Waals surface area contributed by atoms with Gasteiger partial charge in [-0.3, -0.25) is 9.78 Å². The van der Waals surface area contributed by atoms with E-state index in [2.05, 4.69) is 4.98 Å². The topological polar surface area (TPSA) is 81.5 Å². The molecule has 0 spiro atoms. The zero-order valence-electron chi connectivity index (χ0n) is 14.7. The predicted molar refractivity (Wildman–Crippen MR) is 94.7 cm³/mol. The summed E-state index contributed by atoms with van der Waals surface area (Å²) in [5.41, 5.74) is 1.38. The first kappa shape index (κ1) is 17.2. The Kier molecular flexibility index (Phi) is 4.88. The van der Waals surface area contributed by atoms with Gasteiger partial charge in [0.15, 0.2) is 11.5 Å². The van der Waals surface area contributed by atoms with E-state index in [9.17, 15) is 4.79 Å². The van der Waals surface area contributed by atoms with Crippen molar-refractivity contribution in [3.63, 3.8) is 0 Å². The molecule has 2 aromatic rings. The first-order valence-electron chi connectivity index (χ1n) is 8.24. The molecule has 1 aromatic heterocycles. The van der Waals surface area contributed by atoms with E-state index < -0.39 is 5.92 Å². The number of hydrogen-bond acceptors (Lipinski definition) is 6. The molecule has 2 atom stereocenters. The van der Waals surface area contributed by atoms with Gasteiger partial charge >= 0.3 is 5.97 Å². The fraction of sp³-hybridized carbons (Fsp3) is 0.421. The number of nitrogens with one attached hydrogen (secondary N) is 1. The van der Waals surface area contributed by atoms with Gasteiger partial charge < -0.3 is 19.6 Å². The van der Waals surface area contributed by atoms with Gasteiger partial charge in [-0.2, -0.15) is 0 Å². The van der Waals surface area contributed by atoms with Crippen molar-refractivity contribution in [1.29, 1.82) is 5.41 Å². The number of esters is 1. The quantitative estimate of drug-likeness (QED) is 0.862. The molecule has 1 aliphatic rings. The third kappa shape index (κ3) is 3.16. The fourth-order valence-electron chi connectivity index (χ4n) is 3.52. The molecular formula is C19H22N2O4. The Hall–Kier alpha value is -2.63. The largest absolute Gasteiger partial charge is 0.493 e. The average Bonchev–Trinajstić information content (AvgIpc) is 2.66. The maximum Gasteiger partial charge on any atom is 0.314 e. The second-order valence-corrected chi connectivity index (χ2v) is 6.20. The molecule has 2 unspecified atom stereocenters. The molecule has 0 amide bonds. The number of rotatable bonds is 4. The second kappa shape index (κ2) is 7.09. The van der Waals surface area contributed by atoms with Crippen LogP contribution in [0.4, 0.5) is 0 Å². The summed E-state index contributed by atoms with van der Waals surface area (Å²) in [7, 11) is 4.58. The summed E-state index contributed by atoms with van der Waals surface area (Å²) in [6.45, 7) is 0. The highest BCUT2D eigenvalue weighted by molar-refractivity contribution is 6.01. The number of pyridine rings is 1. The van der Waals surface area contributed by atoms with E-state index in [1.165, 1.54) is 7.11 Å². The highest BCUT2D eigenvalue weighted by Crippen LogP contribution is 2.40. The summed E-state index contributed by atoms with van der Waals surface area (Å²) >= 11 is 0. The van der Waals surface area contributed by atoms with E-state index in [0.29, 0.717) is 30.1 Å². The van der Waals surface area contributed by atoms with Gasteiger partial charge in [-0.1, -0.05) is 0 Å². The van der Waals surface area contributed by atoms with Gasteiger partial charge in [0.25, 0.3) is 0 Å². The molecular weight excluding hydrogens is 320 g/mol. The Labute approximate surface area is 146 Å². The van der Waals surface area contributed by atoms with Crippen molar-refractivity contribution in [2.75, 3.05) is 21.3 Å². The van der Waals surface area contributed by atoms with Crippen LogP contribution in [0.2, 0.25) is 0 Å². The maximum absolute atomic E-state index is 12.0. The van der Waals surface area contributed by atoms with E-state index in [0.717, 1.165) is 22.9 Å². The molecule has 1 saturated carbocycles. The monoisotopic (exact) mass is 342 g/mol. The minimum absolute atomic E-state index is 0.0972.